The zero-order valence-electron chi connectivity index (χ0n) is 12.0. The molecule has 0 spiro atoms. The van der Waals surface area contributed by atoms with Gasteiger partial charge in [0.1, 0.15) is 0 Å². The molecule has 1 aromatic rings. The Morgan fingerprint density at radius 1 is 1.05 bits per heavy atom. The van der Waals surface area contributed by atoms with Crippen molar-refractivity contribution >= 4 is 5.78 Å². The van der Waals surface area contributed by atoms with Crippen molar-refractivity contribution in [2.24, 2.45) is 11.8 Å². The average Bonchev–Trinajstić information content (AvgIpc) is 2.73. The number of carbonyl (C=O) groups excluding carboxylic acids is 1. The summed E-state index contributed by atoms with van der Waals surface area (Å²) in [5.74, 6) is 0.967. The van der Waals surface area contributed by atoms with E-state index in [1.165, 1.54) is 11.1 Å². The van der Waals surface area contributed by atoms with Crippen molar-refractivity contribution < 1.29 is 4.79 Å². The Balaban J connectivity index is 2.01. The van der Waals surface area contributed by atoms with Gasteiger partial charge in [-0.1, -0.05) is 60.2 Å². The van der Waals surface area contributed by atoms with E-state index < -0.39 is 0 Å². The molecule has 0 fully saturated rings. The summed E-state index contributed by atoms with van der Waals surface area (Å²) < 4.78 is 0. The van der Waals surface area contributed by atoms with Gasteiger partial charge in [0.2, 0.25) is 0 Å². The summed E-state index contributed by atoms with van der Waals surface area (Å²) in [7, 11) is 0. The molecule has 0 aromatic heterocycles. The normalized spacial score (nSPS) is 29.3. The third kappa shape index (κ3) is 2.07. The second-order valence-corrected chi connectivity index (χ2v) is 5.80. The maximum atomic E-state index is 12.7. The van der Waals surface area contributed by atoms with Gasteiger partial charge in [-0.25, -0.2) is 0 Å². The van der Waals surface area contributed by atoms with Gasteiger partial charge in [0.25, 0.3) is 0 Å². The Morgan fingerprint density at radius 2 is 1.80 bits per heavy atom. The number of benzene rings is 1. The van der Waals surface area contributed by atoms with E-state index in [9.17, 15) is 4.79 Å². The summed E-state index contributed by atoms with van der Waals surface area (Å²) >= 11 is 0. The molecule has 102 valence electrons. The van der Waals surface area contributed by atoms with Crippen LogP contribution in [0.15, 0.2) is 65.8 Å². The van der Waals surface area contributed by atoms with Crippen LogP contribution in [0.25, 0.3) is 0 Å². The van der Waals surface area contributed by atoms with Gasteiger partial charge >= 0.3 is 0 Å². The van der Waals surface area contributed by atoms with Crippen molar-refractivity contribution in [3.63, 3.8) is 0 Å². The molecule has 3 rings (SSSR count). The van der Waals surface area contributed by atoms with Crippen LogP contribution in [0.4, 0.5) is 0 Å². The van der Waals surface area contributed by atoms with Gasteiger partial charge in [0.05, 0.1) is 0 Å². The molecular weight excluding hydrogens is 244 g/mol. The van der Waals surface area contributed by atoms with Gasteiger partial charge in [-0.3, -0.25) is 4.79 Å². The largest absolute Gasteiger partial charge is 0.294 e. The van der Waals surface area contributed by atoms with Gasteiger partial charge < -0.3 is 0 Å². The first-order valence-corrected chi connectivity index (χ1v) is 7.30. The van der Waals surface area contributed by atoms with Crippen molar-refractivity contribution in [2.75, 3.05) is 0 Å². The number of hydrogen-bond acceptors (Lipinski definition) is 1. The molecule has 1 heteroatoms. The highest BCUT2D eigenvalue weighted by molar-refractivity contribution is 6.01. The first-order valence-electron chi connectivity index (χ1n) is 7.30. The molecular formula is C19H20O. The van der Waals surface area contributed by atoms with E-state index in [1.807, 2.05) is 13.0 Å². The zero-order valence-corrected chi connectivity index (χ0v) is 12.0. The standard InChI is InChI=1S/C19H20O/c1-13-14(2)19(20)18(16-11-7-4-8-12-16)17(13)15-9-5-3-6-10-15/h3-11,16-18H,12H2,1-2H3/t16-,17+,18+/m0/s1. The molecule has 0 heterocycles. The summed E-state index contributed by atoms with van der Waals surface area (Å²) in [4.78, 5) is 12.7. The van der Waals surface area contributed by atoms with Crippen LogP contribution in [0.2, 0.25) is 0 Å². The summed E-state index contributed by atoms with van der Waals surface area (Å²) in [6.45, 7) is 4.10. The van der Waals surface area contributed by atoms with E-state index in [2.05, 4.69) is 55.5 Å². The Labute approximate surface area is 120 Å². The smallest absolute Gasteiger partial charge is 0.163 e. The molecule has 2 aliphatic carbocycles. The predicted octanol–water partition coefficient (Wildman–Crippen LogP) is 4.44. The third-order valence-corrected chi connectivity index (χ3v) is 4.72. The van der Waals surface area contributed by atoms with Crippen LogP contribution in [-0.2, 0) is 4.79 Å². The third-order valence-electron chi connectivity index (χ3n) is 4.72. The number of Topliss-reactive ketones (excluding diaryl/α,β-unsaturated/α-hetero) is 1. The molecule has 0 radical (unpaired) electrons. The predicted molar refractivity (Wildman–Crippen MR) is 82.4 cm³/mol. The lowest BCUT2D eigenvalue weighted by Gasteiger charge is -2.27. The fourth-order valence-corrected chi connectivity index (χ4v) is 3.52. The minimum Gasteiger partial charge on any atom is -0.294 e. The average molecular weight is 264 g/mol. The van der Waals surface area contributed by atoms with Crippen LogP contribution in [0.1, 0.15) is 31.7 Å². The van der Waals surface area contributed by atoms with E-state index in [-0.39, 0.29) is 11.8 Å². The maximum absolute atomic E-state index is 12.7. The van der Waals surface area contributed by atoms with Gasteiger partial charge in [-0.05, 0) is 37.3 Å². The SMILES string of the molecule is CC1=C(C)[C@H](c2ccccc2)[C@@H]([C@H]2C=CC=CC2)C1=O. The Hall–Kier alpha value is -1.89. The van der Waals surface area contributed by atoms with Gasteiger partial charge in [0.15, 0.2) is 5.78 Å². The zero-order chi connectivity index (χ0) is 14.1. The number of carbonyl (C=O) groups is 1. The number of ketones is 1. The van der Waals surface area contributed by atoms with Gasteiger partial charge in [0, 0.05) is 11.8 Å². The van der Waals surface area contributed by atoms with E-state index in [0.29, 0.717) is 11.7 Å². The van der Waals surface area contributed by atoms with Crippen molar-refractivity contribution in [3.05, 3.63) is 71.3 Å². The summed E-state index contributed by atoms with van der Waals surface area (Å²) in [5, 5.41) is 0. The van der Waals surface area contributed by atoms with Crippen molar-refractivity contribution in [1.82, 2.24) is 0 Å². The van der Waals surface area contributed by atoms with E-state index in [4.69, 9.17) is 0 Å². The Bertz CT molecular complexity index is 604. The Kier molecular flexibility index (Phi) is 3.43. The van der Waals surface area contributed by atoms with Crippen LogP contribution >= 0.6 is 0 Å². The highest BCUT2D eigenvalue weighted by Crippen LogP contribution is 2.46. The minimum absolute atomic E-state index is 0.0681. The monoisotopic (exact) mass is 264 g/mol. The molecule has 0 N–H and O–H groups in total. The fraction of sp³-hybridized carbons (Fsp3) is 0.316. The van der Waals surface area contributed by atoms with Crippen LogP contribution in [-0.4, -0.2) is 5.78 Å². The van der Waals surface area contributed by atoms with Gasteiger partial charge in [-0.2, -0.15) is 0 Å². The molecule has 0 aliphatic heterocycles. The van der Waals surface area contributed by atoms with Crippen molar-refractivity contribution in [2.45, 2.75) is 26.2 Å². The summed E-state index contributed by atoms with van der Waals surface area (Å²) in [6, 6.07) is 10.5. The van der Waals surface area contributed by atoms with Crippen LogP contribution in [0, 0.1) is 11.8 Å². The number of allylic oxidation sites excluding steroid dienone is 6. The minimum atomic E-state index is 0.0681. The second kappa shape index (κ2) is 5.24. The van der Waals surface area contributed by atoms with E-state index >= 15 is 0 Å². The quantitative estimate of drug-likeness (QED) is 0.772. The number of hydrogen-bond donors (Lipinski definition) is 0. The molecule has 0 bridgehead atoms. The topological polar surface area (TPSA) is 17.1 Å². The highest BCUT2D eigenvalue weighted by Gasteiger charge is 2.42. The molecule has 20 heavy (non-hydrogen) atoms. The van der Waals surface area contributed by atoms with E-state index in [1.54, 1.807) is 0 Å². The van der Waals surface area contributed by atoms with Crippen LogP contribution < -0.4 is 0 Å². The molecule has 1 nitrogen and oxygen atoms in total. The molecule has 0 amide bonds. The lowest BCUT2D eigenvalue weighted by Crippen LogP contribution is -2.25. The molecule has 2 aliphatic rings. The summed E-state index contributed by atoms with van der Waals surface area (Å²) in [5.41, 5.74) is 3.48. The molecule has 0 saturated carbocycles. The Morgan fingerprint density at radius 3 is 2.45 bits per heavy atom. The fourth-order valence-electron chi connectivity index (χ4n) is 3.52. The van der Waals surface area contributed by atoms with Crippen molar-refractivity contribution in [3.8, 4) is 0 Å². The first kappa shape index (κ1) is 13.1. The lowest BCUT2D eigenvalue weighted by molar-refractivity contribution is -0.119. The molecule has 1 aromatic carbocycles. The highest BCUT2D eigenvalue weighted by atomic mass is 16.1. The summed E-state index contributed by atoms with van der Waals surface area (Å²) in [6.07, 6.45) is 9.48. The maximum Gasteiger partial charge on any atom is 0.163 e. The molecule has 3 atom stereocenters. The van der Waals surface area contributed by atoms with Crippen LogP contribution in [0.3, 0.4) is 0 Å². The van der Waals surface area contributed by atoms with Crippen molar-refractivity contribution in [1.29, 1.82) is 0 Å². The van der Waals surface area contributed by atoms with Gasteiger partial charge in [-0.15, -0.1) is 0 Å². The molecule has 0 unspecified atom stereocenters. The molecule has 0 saturated heterocycles. The second-order valence-electron chi connectivity index (χ2n) is 5.80. The lowest BCUT2D eigenvalue weighted by atomic mass is 9.75. The first-order chi connectivity index (χ1) is 9.70. The van der Waals surface area contributed by atoms with E-state index in [0.717, 1.165) is 12.0 Å². The number of rotatable bonds is 2. The van der Waals surface area contributed by atoms with Crippen LogP contribution in [0.5, 0.6) is 0 Å².